The summed E-state index contributed by atoms with van der Waals surface area (Å²) >= 11 is 0. The summed E-state index contributed by atoms with van der Waals surface area (Å²) in [5, 5.41) is 3.33. The van der Waals surface area contributed by atoms with Crippen LogP contribution in [0.25, 0.3) is 0 Å². The molecule has 1 aromatic rings. The Hall–Kier alpha value is -1.05. The minimum Gasteiger partial charge on any atom is -0.367 e. The summed E-state index contributed by atoms with van der Waals surface area (Å²) in [6.07, 6.45) is 1.80. The Morgan fingerprint density at radius 1 is 1.25 bits per heavy atom. The van der Waals surface area contributed by atoms with E-state index in [0.717, 1.165) is 5.82 Å². The molecule has 0 aliphatic rings. The Labute approximate surface area is 74.0 Å². The van der Waals surface area contributed by atoms with Crippen molar-refractivity contribution in [3.8, 4) is 0 Å². The zero-order valence-corrected chi connectivity index (χ0v) is 7.91. The summed E-state index contributed by atoms with van der Waals surface area (Å²) in [7, 11) is 0. The molecule has 0 aliphatic heterocycles. The molecule has 1 N–H and O–H groups in total. The van der Waals surface area contributed by atoms with Crippen molar-refractivity contribution >= 4 is 5.82 Å². The molecule has 1 rings (SSSR count). The van der Waals surface area contributed by atoms with E-state index in [4.69, 9.17) is 0 Å². The third kappa shape index (κ3) is 2.53. The molecule has 2 nitrogen and oxygen atoms in total. The van der Waals surface area contributed by atoms with Gasteiger partial charge in [-0.3, -0.25) is 0 Å². The number of nitrogens with one attached hydrogen (secondary N) is 1. The first-order chi connectivity index (χ1) is 5.70. The highest BCUT2D eigenvalue weighted by Gasteiger charge is 2.05. The lowest BCUT2D eigenvalue weighted by atomic mass is 10.1. The largest absolute Gasteiger partial charge is 0.367 e. The fraction of sp³-hybridized carbons (Fsp3) is 0.500. The lowest BCUT2D eigenvalue weighted by molar-refractivity contribution is 0.558. The highest BCUT2D eigenvalue weighted by Crippen LogP contribution is 2.08. The monoisotopic (exact) mass is 164 g/mol. The lowest BCUT2D eigenvalue weighted by Gasteiger charge is -2.17. The van der Waals surface area contributed by atoms with E-state index in [1.165, 1.54) is 0 Å². The van der Waals surface area contributed by atoms with Crippen molar-refractivity contribution in [3.63, 3.8) is 0 Å². The molecule has 0 aliphatic carbocycles. The molecule has 1 heterocycles. The van der Waals surface area contributed by atoms with Gasteiger partial charge in [0.05, 0.1) is 0 Å². The normalized spacial score (nSPS) is 13.0. The van der Waals surface area contributed by atoms with E-state index in [0.29, 0.717) is 12.0 Å². The van der Waals surface area contributed by atoms with Crippen LogP contribution in [0.3, 0.4) is 0 Å². The minimum absolute atomic E-state index is 0.472. The quantitative estimate of drug-likeness (QED) is 0.742. The van der Waals surface area contributed by atoms with Crippen molar-refractivity contribution in [2.75, 3.05) is 5.32 Å². The molecular weight excluding hydrogens is 148 g/mol. The van der Waals surface area contributed by atoms with Crippen LogP contribution in [-0.4, -0.2) is 11.0 Å². The maximum Gasteiger partial charge on any atom is 0.126 e. The lowest BCUT2D eigenvalue weighted by Crippen LogP contribution is -2.21. The van der Waals surface area contributed by atoms with E-state index in [-0.39, 0.29) is 0 Å². The highest BCUT2D eigenvalue weighted by molar-refractivity contribution is 5.34. The van der Waals surface area contributed by atoms with Gasteiger partial charge >= 0.3 is 0 Å². The summed E-state index contributed by atoms with van der Waals surface area (Å²) in [6.45, 7) is 6.56. The van der Waals surface area contributed by atoms with Gasteiger partial charge in [0.15, 0.2) is 0 Å². The van der Waals surface area contributed by atoms with Crippen LogP contribution >= 0.6 is 0 Å². The zero-order chi connectivity index (χ0) is 8.97. The highest BCUT2D eigenvalue weighted by atomic mass is 15.0. The number of aromatic nitrogens is 1. The summed E-state index contributed by atoms with van der Waals surface area (Å²) < 4.78 is 0. The first kappa shape index (κ1) is 9.04. The van der Waals surface area contributed by atoms with Crippen LogP contribution in [0.4, 0.5) is 5.82 Å². The Morgan fingerprint density at radius 3 is 2.50 bits per heavy atom. The van der Waals surface area contributed by atoms with Crippen molar-refractivity contribution in [2.45, 2.75) is 26.8 Å². The van der Waals surface area contributed by atoms with Gasteiger partial charge in [-0.25, -0.2) is 4.98 Å². The van der Waals surface area contributed by atoms with E-state index in [1.54, 1.807) is 6.20 Å². The molecule has 1 unspecified atom stereocenters. The van der Waals surface area contributed by atoms with Gasteiger partial charge < -0.3 is 5.32 Å². The second kappa shape index (κ2) is 4.10. The first-order valence-corrected chi connectivity index (χ1v) is 4.37. The van der Waals surface area contributed by atoms with Gasteiger partial charge in [0.2, 0.25) is 0 Å². The fourth-order valence-electron chi connectivity index (χ4n) is 0.848. The molecule has 0 amide bonds. The standard InChI is InChI=1S/C10H16N2/c1-8(2)9(3)12-10-6-4-5-7-11-10/h4-9H,1-3H3,(H,11,12). The predicted molar refractivity (Wildman–Crippen MR) is 52.2 cm³/mol. The molecule has 12 heavy (non-hydrogen) atoms. The van der Waals surface area contributed by atoms with Crippen LogP contribution < -0.4 is 5.32 Å². The van der Waals surface area contributed by atoms with Gasteiger partial charge in [-0.2, -0.15) is 0 Å². The van der Waals surface area contributed by atoms with Crippen molar-refractivity contribution < 1.29 is 0 Å². The summed E-state index contributed by atoms with van der Waals surface area (Å²) in [4.78, 5) is 4.19. The SMILES string of the molecule is CC(C)C(C)Nc1ccccn1. The van der Waals surface area contributed by atoms with Crippen molar-refractivity contribution in [3.05, 3.63) is 24.4 Å². The van der Waals surface area contributed by atoms with Crippen LogP contribution in [0.15, 0.2) is 24.4 Å². The maximum absolute atomic E-state index is 4.19. The van der Waals surface area contributed by atoms with Crippen molar-refractivity contribution in [2.24, 2.45) is 5.92 Å². The fourth-order valence-corrected chi connectivity index (χ4v) is 0.848. The summed E-state index contributed by atoms with van der Waals surface area (Å²) in [5.41, 5.74) is 0. The first-order valence-electron chi connectivity index (χ1n) is 4.37. The molecule has 2 heteroatoms. The predicted octanol–water partition coefficient (Wildman–Crippen LogP) is 2.54. The molecule has 1 aromatic heterocycles. The van der Waals surface area contributed by atoms with Crippen LogP contribution in [0.2, 0.25) is 0 Å². The van der Waals surface area contributed by atoms with Gasteiger partial charge in [-0.15, -0.1) is 0 Å². The maximum atomic E-state index is 4.19. The molecule has 0 fully saturated rings. The van der Waals surface area contributed by atoms with E-state index >= 15 is 0 Å². The Bertz CT molecular complexity index is 219. The van der Waals surface area contributed by atoms with Gasteiger partial charge in [-0.1, -0.05) is 19.9 Å². The molecule has 0 saturated heterocycles. The number of pyridine rings is 1. The Morgan fingerprint density at radius 2 is 2.00 bits per heavy atom. The van der Waals surface area contributed by atoms with E-state index < -0.39 is 0 Å². The van der Waals surface area contributed by atoms with Gasteiger partial charge in [0.1, 0.15) is 5.82 Å². The van der Waals surface area contributed by atoms with Crippen LogP contribution in [0.1, 0.15) is 20.8 Å². The van der Waals surface area contributed by atoms with E-state index in [1.807, 2.05) is 18.2 Å². The molecule has 0 saturated carbocycles. The van der Waals surface area contributed by atoms with Crippen LogP contribution in [-0.2, 0) is 0 Å². The number of anilines is 1. The number of nitrogens with zero attached hydrogens (tertiary/aromatic N) is 1. The Kier molecular flexibility index (Phi) is 3.09. The Balaban J connectivity index is 2.53. The third-order valence-corrected chi connectivity index (χ3v) is 2.04. The molecule has 0 spiro atoms. The molecular formula is C10H16N2. The molecule has 66 valence electrons. The topological polar surface area (TPSA) is 24.9 Å². The van der Waals surface area contributed by atoms with Crippen LogP contribution in [0, 0.1) is 5.92 Å². The van der Waals surface area contributed by atoms with Crippen molar-refractivity contribution in [1.82, 2.24) is 4.98 Å². The van der Waals surface area contributed by atoms with Gasteiger partial charge in [-0.05, 0) is 25.0 Å². The molecule has 0 aromatic carbocycles. The second-order valence-electron chi connectivity index (χ2n) is 3.39. The van der Waals surface area contributed by atoms with Crippen molar-refractivity contribution in [1.29, 1.82) is 0 Å². The summed E-state index contributed by atoms with van der Waals surface area (Å²) in [5.74, 6) is 1.59. The second-order valence-corrected chi connectivity index (χ2v) is 3.39. The van der Waals surface area contributed by atoms with Crippen LogP contribution in [0.5, 0.6) is 0 Å². The number of rotatable bonds is 3. The average molecular weight is 164 g/mol. The molecule has 0 bridgehead atoms. The number of hydrogen-bond acceptors (Lipinski definition) is 2. The third-order valence-electron chi connectivity index (χ3n) is 2.04. The van der Waals surface area contributed by atoms with E-state index in [9.17, 15) is 0 Å². The zero-order valence-electron chi connectivity index (χ0n) is 7.91. The van der Waals surface area contributed by atoms with Gasteiger partial charge in [0, 0.05) is 12.2 Å². The minimum atomic E-state index is 0.472. The smallest absolute Gasteiger partial charge is 0.126 e. The summed E-state index contributed by atoms with van der Waals surface area (Å²) in [6, 6.07) is 6.37. The van der Waals surface area contributed by atoms with Gasteiger partial charge in [0.25, 0.3) is 0 Å². The molecule has 1 atom stereocenters. The number of hydrogen-bond donors (Lipinski definition) is 1. The van der Waals surface area contributed by atoms with E-state index in [2.05, 4.69) is 31.1 Å². The molecule has 0 radical (unpaired) electrons. The average Bonchev–Trinajstić information content (AvgIpc) is 2.06.